The van der Waals surface area contributed by atoms with Crippen LogP contribution in [0.15, 0.2) is 48.7 Å². The van der Waals surface area contributed by atoms with Crippen molar-refractivity contribution in [2.24, 2.45) is 0 Å². The van der Waals surface area contributed by atoms with Crippen molar-refractivity contribution in [2.45, 2.75) is 26.9 Å². The number of benzene rings is 2. The van der Waals surface area contributed by atoms with Gasteiger partial charge in [0.1, 0.15) is 0 Å². The molecule has 6 nitrogen and oxygen atoms in total. The van der Waals surface area contributed by atoms with Crippen LogP contribution in [0.3, 0.4) is 0 Å². The summed E-state index contributed by atoms with van der Waals surface area (Å²) in [5.74, 6) is -1.09. The molecular formula is C20H19N3O3. The van der Waals surface area contributed by atoms with Gasteiger partial charge in [-0.05, 0) is 50.1 Å². The highest BCUT2D eigenvalue weighted by Crippen LogP contribution is 2.18. The first-order valence-corrected chi connectivity index (χ1v) is 8.25. The van der Waals surface area contributed by atoms with Crippen LogP contribution in [0.2, 0.25) is 0 Å². The zero-order valence-corrected chi connectivity index (χ0v) is 14.8. The molecule has 26 heavy (non-hydrogen) atoms. The SMILES string of the molecule is Cc1cccc(NC(=O)C(C)OC(=O)c2cnc3ccccc3n2)c1C. The van der Waals surface area contributed by atoms with Gasteiger partial charge in [-0.25, -0.2) is 9.78 Å². The Labute approximate surface area is 151 Å². The van der Waals surface area contributed by atoms with Gasteiger partial charge in [-0.1, -0.05) is 24.3 Å². The minimum atomic E-state index is -0.962. The summed E-state index contributed by atoms with van der Waals surface area (Å²) in [4.78, 5) is 33.0. The van der Waals surface area contributed by atoms with Gasteiger partial charge in [-0.2, -0.15) is 0 Å². The second kappa shape index (κ2) is 7.31. The molecular weight excluding hydrogens is 330 g/mol. The maximum Gasteiger partial charge on any atom is 0.359 e. The van der Waals surface area contributed by atoms with Crippen molar-refractivity contribution in [3.05, 3.63) is 65.5 Å². The molecule has 0 aliphatic carbocycles. The molecule has 1 atom stereocenters. The van der Waals surface area contributed by atoms with Crippen molar-refractivity contribution < 1.29 is 14.3 Å². The minimum absolute atomic E-state index is 0.0649. The third-order valence-electron chi connectivity index (χ3n) is 4.17. The van der Waals surface area contributed by atoms with Crippen molar-refractivity contribution in [3.8, 4) is 0 Å². The number of nitrogens with zero attached hydrogens (tertiary/aromatic N) is 2. The van der Waals surface area contributed by atoms with E-state index in [1.807, 2.05) is 44.2 Å². The number of rotatable bonds is 4. The first-order valence-electron chi connectivity index (χ1n) is 8.25. The number of para-hydroxylation sites is 2. The smallest absolute Gasteiger partial charge is 0.359 e. The molecule has 2 aromatic carbocycles. The van der Waals surface area contributed by atoms with Crippen LogP contribution in [-0.4, -0.2) is 27.9 Å². The van der Waals surface area contributed by atoms with E-state index >= 15 is 0 Å². The lowest BCUT2D eigenvalue weighted by Gasteiger charge is -2.15. The van der Waals surface area contributed by atoms with Gasteiger partial charge >= 0.3 is 5.97 Å². The fraction of sp³-hybridized carbons (Fsp3) is 0.200. The number of hydrogen-bond donors (Lipinski definition) is 1. The molecule has 3 rings (SSSR count). The van der Waals surface area contributed by atoms with Crippen molar-refractivity contribution in [1.82, 2.24) is 9.97 Å². The fourth-order valence-corrected chi connectivity index (χ4v) is 2.45. The van der Waals surface area contributed by atoms with Gasteiger partial charge < -0.3 is 10.1 Å². The zero-order valence-electron chi connectivity index (χ0n) is 14.8. The van der Waals surface area contributed by atoms with Crippen molar-refractivity contribution >= 4 is 28.6 Å². The zero-order chi connectivity index (χ0) is 18.7. The Morgan fingerprint density at radius 1 is 1.04 bits per heavy atom. The second-order valence-corrected chi connectivity index (χ2v) is 6.03. The summed E-state index contributed by atoms with van der Waals surface area (Å²) in [6.45, 7) is 5.41. The number of aromatic nitrogens is 2. The highest BCUT2D eigenvalue weighted by Gasteiger charge is 2.21. The monoisotopic (exact) mass is 349 g/mol. The van der Waals surface area contributed by atoms with Crippen LogP contribution in [-0.2, 0) is 9.53 Å². The molecule has 132 valence electrons. The van der Waals surface area contributed by atoms with E-state index in [0.717, 1.165) is 11.1 Å². The quantitative estimate of drug-likeness (QED) is 0.730. The Bertz CT molecular complexity index is 985. The number of ether oxygens (including phenoxy) is 1. The molecule has 0 saturated heterocycles. The predicted molar refractivity (Wildman–Crippen MR) is 99.0 cm³/mol. The average Bonchev–Trinajstić information content (AvgIpc) is 2.64. The molecule has 1 unspecified atom stereocenters. The van der Waals surface area contributed by atoms with Crippen LogP contribution in [0.1, 0.15) is 28.5 Å². The lowest BCUT2D eigenvalue weighted by molar-refractivity contribution is -0.123. The third-order valence-corrected chi connectivity index (χ3v) is 4.17. The van der Waals surface area contributed by atoms with Crippen LogP contribution >= 0.6 is 0 Å². The molecule has 0 aliphatic heterocycles. The molecule has 0 spiro atoms. The van der Waals surface area contributed by atoms with Crippen LogP contribution in [0.5, 0.6) is 0 Å². The number of esters is 1. The Morgan fingerprint density at radius 3 is 2.54 bits per heavy atom. The molecule has 1 N–H and O–H groups in total. The van der Waals surface area contributed by atoms with Crippen LogP contribution < -0.4 is 5.32 Å². The summed E-state index contributed by atoms with van der Waals surface area (Å²) in [6, 6.07) is 12.9. The number of carbonyl (C=O) groups is 2. The first-order chi connectivity index (χ1) is 12.5. The number of amides is 1. The molecule has 6 heteroatoms. The number of nitrogens with one attached hydrogen (secondary N) is 1. The van der Waals surface area contributed by atoms with Crippen LogP contribution in [0, 0.1) is 13.8 Å². The van der Waals surface area contributed by atoms with Gasteiger partial charge in [0.15, 0.2) is 11.8 Å². The third kappa shape index (κ3) is 3.69. The van der Waals surface area contributed by atoms with E-state index in [1.165, 1.54) is 13.1 Å². The van der Waals surface area contributed by atoms with Crippen molar-refractivity contribution in [3.63, 3.8) is 0 Å². The number of fused-ring (bicyclic) bond motifs is 1. The fourth-order valence-electron chi connectivity index (χ4n) is 2.45. The largest absolute Gasteiger partial charge is 0.448 e. The Hall–Kier alpha value is -3.28. The average molecular weight is 349 g/mol. The predicted octanol–water partition coefficient (Wildman–Crippen LogP) is 3.43. The highest BCUT2D eigenvalue weighted by atomic mass is 16.5. The molecule has 0 saturated carbocycles. The van der Waals surface area contributed by atoms with E-state index < -0.39 is 18.0 Å². The van der Waals surface area contributed by atoms with E-state index in [2.05, 4.69) is 15.3 Å². The number of anilines is 1. The molecule has 3 aromatic rings. The van der Waals surface area contributed by atoms with Crippen molar-refractivity contribution in [2.75, 3.05) is 5.32 Å². The maximum absolute atomic E-state index is 12.3. The summed E-state index contributed by atoms with van der Waals surface area (Å²) >= 11 is 0. The first kappa shape index (κ1) is 17.5. The van der Waals surface area contributed by atoms with Crippen LogP contribution in [0.25, 0.3) is 11.0 Å². The van der Waals surface area contributed by atoms with Crippen molar-refractivity contribution in [1.29, 1.82) is 0 Å². The molecule has 1 heterocycles. The van der Waals surface area contributed by atoms with E-state index in [9.17, 15) is 9.59 Å². The standard InChI is InChI=1S/C20H19N3O3/c1-12-7-6-10-15(13(12)2)23-19(24)14(3)26-20(25)18-11-21-16-8-4-5-9-17(16)22-18/h4-11,14H,1-3H3,(H,23,24). The second-order valence-electron chi connectivity index (χ2n) is 6.03. The number of aryl methyl sites for hydroxylation is 1. The van der Waals surface area contributed by atoms with Gasteiger partial charge in [0.2, 0.25) is 0 Å². The molecule has 0 radical (unpaired) electrons. The molecule has 1 amide bonds. The Morgan fingerprint density at radius 2 is 1.77 bits per heavy atom. The lowest BCUT2D eigenvalue weighted by atomic mass is 10.1. The van der Waals surface area contributed by atoms with Gasteiger partial charge in [0.25, 0.3) is 5.91 Å². The summed E-state index contributed by atoms with van der Waals surface area (Å²) in [6.07, 6.45) is 0.385. The molecule has 0 bridgehead atoms. The van der Waals surface area contributed by atoms with Gasteiger partial charge in [0.05, 0.1) is 17.2 Å². The number of hydrogen-bond acceptors (Lipinski definition) is 5. The summed E-state index contributed by atoms with van der Waals surface area (Å²) in [5.41, 5.74) is 4.08. The summed E-state index contributed by atoms with van der Waals surface area (Å²) < 4.78 is 5.24. The van der Waals surface area contributed by atoms with E-state index in [-0.39, 0.29) is 5.69 Å². The summed E-state index contributed by atoms with van der Waals surface area (Å²) in [7, 11) is 0. The lowest BCUT2D eigenvalue weighted by Crippen LogP contribution is -2.30. The maximum atomic E-state index is 12.3. The topological polar surface area (TPSA) is 81.2 Å². The minimum Gasteiger partial charge on any atom is -0.448 e. The summed E-state index contributed by atoms with van der Waals surface area (Å²) in [5, 5.41) is 2.79. The van der Waals surface area contributed by atoms with E-state index in [1.54, 1.807) is 12.1 Å². The van der Waals surface area contributed by atoms with E-state index in [4.69, 9.17) is 4.74 Å². The van der Waals surface area contributed by atoms with Gasteiger partial charge in [0, 0.05) is 5.69 Å². The van der Waals surface area contributed by atoms with E-state index in [0.29, 0.717) is 16.7 Å². The Kier molecular flexibility index (Phi) is 4.93. The Balaban J connectivity index is 1.69. The van der Waals surface area contributed by atoms with Gasteiger partial charge in [-0.3, -0.25) is 9.78 Å². The molecule has 0 aliphatic rings. The molecule has 1 aromatic heterocycles. The normalized spacial score (nSPS) is 11.8. The number of carbonyl (C=O) groups excluding carboxylic acids is 2. The molecule has 0 fully saturated rings. The van der Waals surface area contributed by atoms with Crippen LogP contribution in [0.4, 0.5) is 5.69 Å². The van der Waals surface area contributed by atoms with Gasteiger partial charge in [-0.15, -0.1) is 0 Å². The highest BCUT2D eigenvalue weighted by molar-refractivity contribution is 5.97.